The zero-order chi connectivity index (χ0) is 22.9. The Morgan fingerprint density at radius 3 is 2.41 bits per heavy atom. The number of para-hydroxylation sites is 1. The maximum absolute atomic E-state index is 13.0. The predicted molar refractivity (Wildman–Crippen MR) is 125 cm³/mol. The molecule has 3 rings (SSSR count). The number of carbonyl (C=O) groups is 2. The van der Waals surface area contributed by atoms with Gasteiger partial charge in [-0.15, -0.1) is 0 Å². The molecule has 6 N–H and O–H groups in total. The van der Waals surface area contributed by atoms with Crippen molar-refractivity contribution in [1.29, 1.82) is 0 Å². The Kier molecular flexibility index (Phi) is 7.66. The Morgan fingerprint density at radius 2 is 1.72 bits per heavy atom. The third-order valence-electron chi connectivity index (χ3n) is 4.79. The van der Waals surface area contributed by atoms with E-state index in [9.17, 15) is 9.59 Å². The summed E-state index contributed by atoms with van der Waals surface area (Å²) in [4.78, 5) is 23.9. The molecular formula is C24H26N4O4. The molecule has 0 aromatic heterocycles. The summed E-state index contributed by atoms with van der Waals surface area (Å²) >= 11 is 0. The molecule has 8 nitrogen and oxygen atoms in total. The van der Waals surface area contributed by atoms with Gasteiger partial charge in [-0.2, -0.15) is 0 Å². The topological polar surface area (TPSA) is 126 Å². The van der Waals surface area contributed by atoms with Crippen molar-refractivity contribution in [2.24, 2.45) is 5.73 Å². The molecule has 0 aliphatic carbocycles. The first-order chi connectivity index (χ1) is 15.5. The van der Waals surface area contributed by atoms with E-state index in [0.29, 0.717) is 35.8 Å². The van der Waals surface area contributed by atoms with Crippen molar-refractivity contribution >= 4 is 28.9 Å². The lowest BCUT2D eigenvalue weighted by atomic mass is 10.1. The van der Waals surface area contributed by atoms with Gasteiger partial charge in [-0.25, -0.2) is 4.79 Å². The SMILES string of the molecule is CNc1ccc(NCc2ccccc2OCC(=O)O)c(C(=O)Nc2ccc(CN)cc2)c1. The van der Waals surface area contributed by atoms with Gasteiger partial charge in [0.2, 0.25) is 0 Å². The number of benzene rings is 3. The molecule has 0 spiro atoms. The molecule has 1 amide bonds. The minimum absolute atomic E-state index is 0.263. The van der Waals surface area contributed by atoms with E-state index in [4.69, 9.17) is 15.6 Å². The lowest BCUT2D eigenvalue weighted by Crippen LogP contribution is -2.16. The van der Waals surface area contributed by atoms with Crippen LogP contribution in [0.1, 0.15) is 21.5 Å². The summed E-state index contributed by atoms with van der Waals surface area (Å²) in [6.07, 6.45) is 0. The fourth-order valence-corrected chi connectivity index (χ4v) is 3.08. The molecule has 8 heteroatoms. The van der Waals surface area contributed by atoms with Crippen LogP contribution < -0.4 is 26.4 Å². The summed E-state index contributed by atoms with van der Waals surface area (Å²) in [6.45, 7) is 0.356. The van der Waals surface area contributed by atoms with E-state index in [0.717, 1.165) is 16.8 Å². The monoisotopic (exact) mass is 434 g/mol. The average molecular weight is 434 g/mol. The van der Waals surface area contributed by atoms with E-state index in [-0.39, 0.29) is 5.91 Å². The molecule has 3 aromatic rings. The van der Waals surface area contributed by atoms with E-state index in [1.807, 2.05) is 48.5 Å². The van der Waals surface area contributed by atoms with E-state index in [1.165, 1.54) is 0 Å². The highest BCUT2D eigenvalue weighted by Gasteiger charge is 2.14. The second-order valence-electron chi connectivity index (χ2n) is 7.01. The largest absolute Gasteiger partial charge is 0.482 e. The second kappa shape index (κ2) is 10.8. The molecule has 3 aromatic carbocycles. The zero-order valence-electron chi connectivity index (χ0n) is 17.7. The summed E-state index contributed by atoms with van der Waals surface area (Å²) in [5.41, 5.74) is 9.94. The molecule has 0 fully saturated rings. The Morgan fingerprint density at radius 1 is 1.00 bits per heavy atom. The van der Waals surface area contributed by atoms with Gasteiger partial charge in [0.1, 0.15) is 5.75 Å². The first-order valence-corrected chi connectivity index (χ1v) is 10.1. The fourth-order valence-electron chi connectivity index (χ4n) is 3.08. The van der Waals surface area contributed by atoms with Crippen LogP contribution in [0.15, 0.2) is 66.7 Å². The van der Waals surface area contributed by atoms with Gasteiger partial charge in [0.25, 0.3) is 5.91 Å². The van der Waals surface area contributed by atoms with Gasteiger partial charge in [-0.1, -0.05) is 30.3 Å². The first-order valence-electron chi connectivity index (χ1n) is 10.1. The van der Waals surface area contributed by atoms with Crippen molar-refractivity contribution in [3.8, 4) is 5.75 Å². The maximum Gasteiger partial charge on any atom is 0.341 e. The van der Waals surface area contributed by atoms with Gasteiger partial charge in [-0.05, 0) is 42.0 Å². The van der Waals surface area contributed by atoms with Gasteiger partial charge in [0.05, 0.1) is 5.56 Å². The highest BCUT2D eigenvalue weighted by Crippen LogP contribution is 2.25. The zero-order valence-corrected chi connectivity index (χ0v) is 17.7. The molecule has 0 saturated carbocycles. The van der Waals surface area contributed by atoms with Crippen molar-refractivity contribution in [3.05, 3.63) is 83.4 Å². The lowest BCUT2D eigenvalue weighted by molar-refractivity contribution is -0.139. The number of carboxylic acid groups (broad SMARTS) is 1. The number of carbonyl (C=O) groups excluding carboxylic acids is 1. The van der Waals surface area contributed by atoms with Crippen molar-refractivity contribution in [1.82, 2.24) is 0 Å². The quantitative estimate of drug-likeness (QED) is 0.331. The normalized spacial score (nSPS) is 10.3. The van der Waals surface area contributed by atoms with Gasteiger partial charge in [0, 0.05) is 42.8 Å². The van der Waals surface area contributed by atoms with Gasteiger partial charge < -0.3 is 31.5 Å². The van der Waals surface area contributed by atoms with E-state index in [1.54, 1.807) is 25.2 Å². The molecule has 166 valence electrons. The molecule has 0 unspecified atom stereocenters. The van der Waals surface area contributed by atoms with Crippen molar-refractivity contribution in [2.75, 3.05) is 29.6 Å². The molecule has 0 saturated heterocycles. The summed E-state index contributed by atoms with van der Waals surface area (Å²) in [6, 6.07) is 20.0. The molecule has 0 heterocycles. The van der Waals surface area contributed by atoms with Crippen LogP contribution in [0, 0.1) is 0 Å². The van der Waals surface area contributed by atoms with Crippen LogP contribution in [-0.2, 0) is 17.9 Å². The van der Waals surface area contributed by atoms with Crippen LogP contribution in [0.3, 0.4) is 0 Å². The number of nitrogens with one attached hydrogen (secondary N) is 3. The standard InChI is InChI=1S/C24H26N4O4/c1-26-19-10-11-21(27-14-17-4-2-3-5-22(17)32-15-23(29)30)20(12-19)24(31)28-18-8-6-16(13-25)7-9-18/h2-12,26-27H,13-15,25H2,1H3,(H,28,31)(H,29,30). The number of anilines is 3. The smallest absolute Gasteiger partial charge is 0.341 e. The number of nitrogens with two attached hydrogens (primary N) is 1. The van der Waals surface area contributed by atoms with Crippen molar-refractivity contribution < 1.29 is 19.4 Å². The predicted octanol–water partition coefficient (Wildman–Crippen LogP) is 3.51. The van der Waals surface area contributed by atoms with Crippen LogP contribution in [-0.4, -0.2) is 30.6 Å². The summed E-state index contributed by atoms with van der Waals surface area (Å²) in [7, 11) is 1.78. The highest BCUT2D eigenvalue weighted by molar-refractivity contribution is 6.08. The average Bonchev–Trinajstić information content (AvgIpc) is 2.82. The van der Waals surface area contributed by atoms with Crippen LogP contribution in [0.4, 0.5) is 17.1 Å². The number of hydrogen-bond donors (Lipinski definition) is 5. The van der Waals surface area contributed by atoms with Crippen molar-refractivity contribution in [3.63, 3.8) is 0 Å². The molecular weight excluding hydrogens is 408 g/mol. The van der Waals surface area contributed by atoms with Crippen molar-refractivity contribution in [2.45, 2.75) is 13.1 Å². The summed E-state index contributed by atoms with van der Waals surface area (Å²) in [5.74, 6) is -0.838. The molecule has 0 radical (unpaired) electrons. The molecule has 32 heavy (non-hydrogen) atoms. The molecule has 0 bridgehead atoms. The molecule has 0 aliphatic rings. The summed E-state index contributed by atoms with van der Waals surface area (Å²) in [5, 5.41) is 18.1. The van der Waals surface area contributed by atoms with Gasteiger partial charge in [0.15, 0.2) is 6.61 Å². The fraction of sp³-hybridized carbons (Fsp3) is 0.167. The highest BCUT2D eigenvalue weighted by atomic mass is 16.5. The number of carboxylic acids is 1. The minimum atomic E-state index is -1.05. The Labute approximate surface area is 186 Å². The van der Waals surface area contributed by atoms with Gasteiger partial charge in [-0.3, -0.25) is 4.79 Å². The lowest BCUT2D eigenvalue weighted by Gasteiger charge is -2.16. The Bertz CT molecular complexity index is 1080. The first kappa shape index (κ1) is 22.6. The maximum atomic E-state index is 13.0. The van der Waals surface area contributed by atoms with E-state index >= 15 is 0 Å². The number of aliphatic carboxylic acids is 1. The van der Waals surface area contributed by atoms with Crippen LogP contribution in [0.5, 0.6) is 5.75 Å². The minimum Gasteiger partial charge on any atom is -0.482 e. The number of ether oxygens (including phenoxy) is 1. The van der Waals surface area contributed by atoms with Gasteiger partial charge >= 0.3 is 5.97 Å². The molecule has 0 atom stereocenters. The molecule has 0 aliphatic heterocycles. The second-order valence-corrected chi connectivity index (χ2v) is 7.01. The van der Waals surface area contributed by atoms with Crippen LogP contribution in [0.25, 0.3) is 0 Å². The third kappa shape index (κ3) is 5.99. The Balaban J connectivity index is 1.79. The number of amides is 1. The summed E-state index contributed by atoms with van der Waals surface area (Å²) < 4.78 is 5.36. The van der Waals surface area contributed by atoms with Crippen LogP contribution in [0.2, 0.25) is 0 Å². The third-order valence-corrected chi connectivity index (χ3v) is 4.79. The van der Waals surface area contributed by atoms with E-state index in [2.05, 4.69) is 16.0 Å². The number of rotatable bonds is 10. The number of hydrogen-bond acceptors (Lipinski definition) is 6. The van der Waals surface area contributed by atoms with E-state index < -0.39 is 12.6 Å². The Hall–Kier alpha value is -4.04. The van der Waals surface area contributed by atoms with Crippen LogP contribution >= 0.6 is 0 Å².